The largest absolute Gasteiger partial charge is 2.00 e. The van der Waals surface area contributed by atoms with E-state index in [9.17, 15) is 14.9 Å². The maximum atomic E-state index is 12.6. The van der Waals surface area contributed by atoms with Crippen molar-refractivity contribution in [2.45, 2.75) is 6.23 Å². The number of Topliss-reactive ketones (excluding diaryl/α,β-unsaturated/α-hetero) is 1. The van der Waals surface area contributed by atoms with E-state index in [1.807, 2.05) is 32.1 Å². The van der Waals surface area contributed by atoms with Crippen LogP contribution in [0.15, 0.2) is 36.9 Å². The van der Waals surface area contributed by atoms with Gasteiger partial charge in [0.25, 0.3) is 11.9 Å². The van der Waals surface area contributed by atoms with Gasteiger partial charge in [-0.25, -0.2) is 9.67 Å². The van der Waals surface area contributed by atoms with Gasteiger partial charge in [0.1, 0.15) is 18.4 Å². The Kier molecular flexibility index (Phi) is 9.28. The summed E-state index contributed by atoms with van der Waals surface area (Å²) in [6.45, 7) is 0. The van der Waals surface area contributed by atoms with Crippen molar-refractivity contribution >= 4 is 11.5 Å². The maximum Gasteiger partial charge on any atom is 2.00 e. The van der Waals surface area contributed by atoms with Crippen molar-refractivity contribution in [1.82, 2.24) is 14.8 Å². The third-order valence-corrected chi connectivity index (χ3v) is 3.70. The third kappa shape index (κ3) is 6.65. The molecule has 0 spiro atoms. The molecule has 146 valence electrons. The number of benzene rings is 1. The van der Waals surface area contributed by atoms with Crippen molar-refractivity contribution in [3.63, 3.8) is 0 Å². The van der Waals surface area contributed by atoms with Gasteiger partial charge in [-0.15, -0.1) is 0 Å². The molecule has 2 aliphatic carbocycles. The van der Waals surface area contributed by atoms with Crippen LogP contribution in [0.25, 0.3) is 0 Å². The van der Waals surface area contributed by atoms with Gasteiger partial charge in [-0.05, 0) is 69.9 Å². The number of carbonyl (C=O) groups is 1. The molecule has 9 heteroatoms. The molecule has 0 amide bonds. The Bertz CT molecular complexity index is 750. The van der Waals surface area contributed by atoms with Gasteiger partial charge in [-0.2, -0.15) is 5.10 Å². The van der Waals surface area contributed by atoms with Crippen LogP contribution in [-0.4, -0.2) is 25.5 Å². The number of nitro benzene ring substituents is 1. The number of rotatable bonds is 6. The molecule has 1 heterocycles. The van der Waals surface area contributed by atoms with E-state index in [-0.39, 0.29) is 28.5 Å². The summed E-state index contributed by atoms with van der Waals surface area (Å²) in [5, 5.41) is 14.6. The van der Waals surface area contributed by atoms with Crippen LogP contribution >= 0.6 is 0 Å². The molecule has 1 aromatic heterocycles. The smallest absolute Gasteiger partial charge is 0.461 e. The van der Waals surface area contributed by atoms with Crippen molar-refractivity contribution in [3.8, 4) is 5.75 Å². The molecule has 8 nitrogen and oxygen atoms in total. The van der Waals surface area contributed by atoms with E-state index in [1.54, 1.807) is 25.7 Å². The summed E-state index contributed by atoms with van der Waals surface area (Å²) < 4.78 is 6.96. The van der Waals surface area contributed by atoms with Gasteiger partial charge in [0.05, 0.1) is 10.8 Å². The van der Waals surface area contributed by atoms with Crippen LogP contribution in [0.2, 0.25) is 0 Å². The van der Waals surface area contributed by atoms with Crippen molar-refractivity contribution in [2.75, 3.05) is 0 Å². The van der Waals surface area contributed by atoms with Gasteiger partial charge in [0.2, 0.25) is 5.78 Å². The maximum absolute atomic E-state index is 12.6. The molecule has 29 heavy (non-hydrogen) atoms. The number of ether oxygens (including phenoxy) is 1. The van der Waals surface area contributed by atoms with Crippen LogP contribution in [0.1, 0.15) is 6.23 Å². The molecule has 2 aliphatic rings. The number of hydrogen-bond donors (Lipinski definition) is 0. The minimum Gasteiger partial charge on any atom is -0.461 e. The zero-order chi connectivity index (χ0) is 19.8. The van der Waals surface area contributed by atoms with Crippen molar-refractivity contribution in [3.05, 3.63) is 111 Å². The fraction of sp³-hybridized carbons (Fsp3) is 0.0500. The second kappa shape index (κ2) is 11.7. The average molecular weight is 432 g/mol. The van der Waals surface area contributed by atoms with Crippen LogP contribution in [0.3, 0.4) is 0 Å². The first-order valence-corrected chi connectivity index (χ1v) is 8.33. The van der Waals surface area contributed by atoms with E-state index in [2.05, 4.69) is 10.1 Å². The average Bonchev–Trinajstić information content (AvgIpc) is 3.49. The second-order valence-electron chi connectivity index (χ2n) is 5.60. The molecule has 10 radical (unpaired) electrons. The molecular weight excluding hydrogens is 416 g/mol. The quantitative estimate of drug-likeness (QED) is 0.396. The van der Waals surface area contributed by atoms with Crippen LogP contribution in [-0.2, 0) is 21.9 Å². The third-order valence-electron chi connectivity index (χ3n) is 3.70. The van der Waals surface area contributed by atoms with Crippen LogP contribution < -0.4 is 4.74 Å². The second-order valence-corrected chi connectivity index (χ2v) is 5.60. The summed E-state index contributed by atoms with van der Waals surface area (Å²) in [6, 6.07) is 5.47. The summed E-state index contributed by atoms with van der Waals surface area (Å²) in [5.74, 6) is 0.502. The molecule has 1 aromatic carbocycles. The summed E-state index contributed by atoms with van der Waals surface area (Å²) in [4.78, 5) is 26.5. The summed E-state index contributed by atoms with van der Waals surface area (Å²) in [5.41, 5.74) is -0.0583. The molecule has 1 atom stereocenters. The van der Waals surface area contributed by atoms with E-state index in [4.69, 9.17) is 4.74 Å². The Labute approximate surface area is 180 Å². The van der Waals surface area contributed by atoms with Crippen molar-refractivity contribution in [1.29, 1.82) is 0 Å². The predicted molar refractivity (Wildman–Crippen MR) is 99.7 cm³/mol. The van der Waals surface area contributed by atoms with Crippen LogP contribution in [0.5, 0.6) is 5.75 Å². The first-order chi connectivity index (χ1) is 13.6. The molecule has 1 unspecified atom stereocenters. The van der Waals surface area contributed by atoms with Gasteiger partial charge in [0.15, 0.2) is 0 Å². The molecule has 0 N–H and O–H groups in total. The van der Waals surface area contributed by atoms with E-state index in [0.29, 0.717) is 11.7 Å². The number of non-ortho nitro benzene ring substituents is 1. The summed E-state index contributed by atoms with van der Waals surface area (Å²) in [7, 11) is 0. The monoisotopic (exact) mass is 432 g/mol. The van der Waals surface area contributed by atoms with Crippen LogP contribution in [0.4, 0.5) is 5.69 Å². The fourth-order valence-electron chi connectivity index (χ4n) is 2.34. The van der Waals surface area contributed by atoms with E-state index in [1.165, 1.54) is 41.6 Å². The number of nitro groups is 1. The minimum atomic E-state index is -1.04. The SMILES string of the molecule is O=C([C]1[CH][CH][CH][CH]1)C(Oc1ccc([N+](=O)[O-])cc1)n1cncn1.[CH]1[CH][CH][CH][CH]1.[Fe+2]. The Morgan fingerprint density at radius 3 is 2.07 bits per heavy atom. The molecule has 0 saturated heterocycles. The normalized spacial score (nSPS) is 17.0. The molecule has 0 bridgehead atoms. The zero-order valence-corrected chi connectivity index (χ0v) is 16.1. The topological polar surface area (TPSA) is 100 Å². The zero-order valence-electron chi connectivity index (χ0n) is 15.0. The Morgan fingerprint density at radius 1 is 1.00 bits per heavy atom. The van der Waals surface area contributed by atoms with Crippen LogP contribution in [0, 0.1) is 73.8 Å². The van der Waals surface area contributed by atoms with Gasteiger partial charge in [-0.1, -0.05) is 0 Å². The predicted octanol–water partition coefficient (Wildman–Crippen LogP) is 2.76. The molecule has 0 aliphatic heterocycles. The number of nitrogens with zero attached hydrogens (tertiary/aromatic N) is 4. The molecule has 2 saturated carbocycles. The molecule has 4 rings (SSSR count). The van der Waals surface area contributed by atoms with Gasteiger partial charge in [-0.3, -0.25) is 14.9 Å². The standard InChI is InChI=1S/C15H11N4O4.C5H5.Fe/c20-14(11-3-1-2-4-11)15(18-10-16-9-17-18)23-13-7-5-12(6-8-13)19(21)22;1-2-4-5-3-1;/h1-10,15H;1-5H;/q;;+2. The van der Waals surface area contributed by atoms with Gasteiger partial charge >= 0.3 is 17.1 Å². The van der Waals surface area contributed by atoms with E-state index < -0.39 is 11.2 Å². The first-order valence-electron chi connectivity index (χ1n) is 8.33. The Morgan fingerprint density at radius 2 is 1.59 bits per heavy atom. The van der Waals surface area contributed by atoms with E-state index in [0.717, 1.165) is 0 Å². The fourth-order valence-corrected chi connectivity index (χ4v) is 2.34. The molecule has 2 fully saturated rings. The Balaban J connectivity index is 0.000000437. The number of aromatic nitrogens is 3. The summed E-state index contributed by atoms with van der Waals surface area (Å²) in [6.07, 6.45) is 18.5. The van der Waals surface area contributed by atoms with Crippen molar-refractivity contribution < 1.29 is 31.5 Å². The van der Waals surface area contributed by atoms with Gasteiger partial charge < -0.3 is 4.74 Å². The molecular formula is C20H16FeN4O4+2. The van der Waals surface area contributed by atoms with E-state index >= 15 is 0 Å². The minimum absolute atomic E-state index is 0. The number of ketones is 1. The first kappa shape index (κ1) is 23.0. The van der Waals surface area contributed by atoms with Crippen molar-refractivity contribution in [2.24, 2.45) is 0 Å². The molecule has 2 aromatic rings. The number of carbonyl (C=O) groups excluding carboxylic acids is 1. The number of hydrogen-bond acceptors (Lipinski definition) is 6. The summed E-state index contributed by atoms with van der Waals surface area (Å²) >= 11 is 0. The Hall–Kier alpha value is -2.25. The van der Waals surface area contributed by atoms with Gasteiger partial charge in [0, 0.05) is 12.1 Å².